The number of rotatable bonds is 0. The molecule has 0 aromatic carbocycles. The first-order valence-corrected chi connectivity index (χ1v) is 3.56. The predicted molar refractivity (Wildman–Crippen MR) is 39.2 cm³/mol. The van der Waals surface area contributed by atoms with Crippen LogP contribution in [0.1, 0.15) is 13.8 Å². The van der Waals surface area contributed by atoms with Crippen molar-refractivity contribution in [2.45, 2.75) is 19.9 Å². The minimum atomic E-state index is 0.148. The number of nitrogens with zero attached hydrogens (tertiary/aromatic N) is 2. The van der Waals surface area contributed by atoms with Gasteiger partial charge in [0.15, 0.2) is 0 Å². The molecule has 0 radical (unpaired) electrons. The van der Waals surface area contributed by atoms with Crippen molar-refractivity contribution in [3.8, 4) is 0 Å². The van der Waals surface area contributed by atoms with E-state index >= 15 is 0 Å². The van der Waals surface area contributed by atoms with Gasteiger partial charge in [0.05, 0.1) is 5.92 Å². The fourth-order valence-corrected chi connectivity index (χ4v) is 1.25. The Morgan fingerprint density at radius 3 is 1.90 bits per heavy atom. The van der Waals surface area contributed by atoms with Crippen LogP contribution < -0.4 is 0 Å². The third kappa shape index (κ3) is 0.814. The Bertz CT molecular complexity index is 142. The van der Waals surface area contributed by atoms with Crippen LogP contribution in [-0.4, -0.2) is 36.1 Å². The van der Waals surface area contributed by atoms with Gasteiger partial charge in [-0.3, -0.25) is 9.80 Å². The highest BCUT2D eigenvalue weighted by atomic mass is 16.2. The van der Waals surface area contributed by atoms with Gasteiger partial charge < -0.3 is 0 Å². The number of hydrogen-bond donors (Lipinski definition) is 0. The summed E-state index contributed by atoms with van der Waals surface area (Å²) in [7, 11) is 3.74. The van der Waals surface area contributed by atoms with Crippen molar-refractivity contribution >= 4 is 5.91 Å². The number of hydrazine groups is 1. The zero-order valence-corrected chi connectivity index (χ0v) is 6.96. The van der Waals surface area contributed by atoms with E-state index in [1.165, 1.54) is 0 Å². The van der Waals surface area contributed by atoms with Crippen molar-refractivity contribution in [1.82, 2.24) is 10.0 Å². The topological polar surface area (TPSA) is 23.6 Å². The molecule has 0 spiro atoms. The predicted octanol–water partition coefficient (Wildman–Crippen LogP) is 0.330. The quantitative estimate of drug-likeness (QED) is 0.486. The minimum absolute atomic E-state index is 0.148. The van der Waals surface area contributed by atoms with Crippen molar-refractivity contribution in [2.24, 2.45) is 5.92 Å². The molecule has 0 bridgehead atoms. The molecule has 0 aromatic rings. The minimum Gasteiger partial charge on any atom is -0.278 e. The van der Waals surface area contributed by atoms with E-state index in [2.05, 4.69) is 6.92 Å². The Balaban J connectivity index is 2.78. The second kappa shape index (κ2) is 2.23. The highest BCUT2D eigenvalue weighted by Crippen LogP contribution is 2.20. The third-order valence-corrected chi connectivity index (χ3v) is 2.49. The van der Waals surface area contributed by atoms with Crippen molar-refractivity contribution in [3.05, 3.63) is 0 Å². The molecule has 1 aliphatic rings. The molecule has 0 aliphatic carbocycles. The molecule has 58 valence electrons. The summed E-state index contributed by atoms with van der Waals surface area (Å²) in [6.07, 6.45) is 0. The van der Waals surface area contributed by atoms with Gasteiger partial charge in [0.1, 0.15) is 0 Å². The van der Waals surface area contributed by atoms with Crippen molar-refractivity contribution in [1.29, 1.82) is 0 Å². The molecule has 1 amide bonds. The van der Waals surface area contributed by atoms with Gasteiger partial charge in [-0.2, -0.15) is 0 Å². The van der Waals surface area contributed by atoms with E-state index in [4.69, 9.17) is 0 Å². The Kier molecular flexibility index (Phi) is 1.68. The SMILES string of the molecule is CC1C(=O)N(C)N(C)C1C. The van der Waals surface area contributed by atoms with Crippen LogP contribution in [0.4, 0.5) is 0 Å². The van der Waals surface area contributed by atoms with Crippen molar-refractivity contribution < 1.29 is 4.79 Å². The van der Waals surface area contributed by atoms with E-state index in [9.17, 15) is 4.79 Å². The molecule has 10 heavy (non-hydrogen) atoms. The highest BCUT2D eigenvalue weighted by Gasteiger charge is 2.36. The summed E-state index contributed by atoms with van der Waals surface area (Å²) in [5.41, 5.74) is 0. The third-order valence-electron chi connectivity index (χ3n) is 2.49. The molecule has 1 aliphatic heterocycles. The van der Waals surface area contributed by atoms with Crippen molar-refractivity contribution in [3.63, 3.8) is 0 Å². The average Bonchev–Trinajstić information content (AvgIpc) is 2.07. The van der Waals surface area contributed by atoms with Gasteiger partial charge in [0, 0.05) is 20.1 Å². The Morgan fingerprint density at radius 2 is 1.80 bits per heavy atom. The number of hydrogen-bond acceptors (Lipinski definition) is 2. The molecule has 1 rings (SSSR count). The molecule has 1 heterocycles. The first-order chi connectivity index (χ1) is 4.55. The summed E-state index contributed by atoms with van der Waals surface area (Å²) in [6, 6.07) is 0.345. The molecule has 2 unspecified atom stereocenters. The molecule has 1 saturated heterocycles. The van der Waals surface area contributed by atoms with Gasteiger partial charge in [-0.1, -0.05) is 6.92 Å². The second-order valence-electron chi connectivity index (χ2n) is 2.96. The molecule has 3 heteroatoms. The molecule has 0 N–H and O–H groups in total. The van der Waals surface area contributed by atoms with Crippen LogP contribution in [0.3, 0.4) is 0 Å². The molecular weight excluding hydrogens is 128 g/mol. The zero-order chi connectivity index (χ0) is 7.89. The maximum Gasteiger partial charge on any atom is 0.241 e. The van der Waals surface area contributed by atoms with Crippen LogP contribution in [0.15, 0.2) is 0 Å². The van der Waals surface area contributed by atoms with Crippen molar-refractivity contribution in [2.75, 3.05) is 14.1 Å². The van der Waals surface area contributed by atoms with E-state index in [1.807, 2.05) is 26.0 Å². The smallest absolute Gasteiger partial charge is 0.241 e. The summed E-state index contributed by atoms with van der Waals surface area (Å²) >= 11 is 0. The lowest BCUT2D eigenvalue weighted by atomic mass is 10.1. The van der Waals surface area contributed by atoms with Crippen LogP contribution in [0.2, 0.25) is 0 Å². The Hall–Kier alpha value is -0.570. The van der Waals surface area contributed by atoms with E-state index in [0.29, 0.717) is 6.04 Å². The Labute approximate surface area is 61.6 Å². The van der Waals surface area contributed by atoms with Gasteiger partial charge in [-0.15, -0.1) is 0 Å². The second-order valence-corrected chi connectivity index (χ2v) is 2.96. The number of carbonyl (C=O) groups is 1. The van der Waals surface area contributed by atoms with E-state index in [1.54, 1.807) is 5.01 Å². The largest absolute Gasteiger partial charge is 0.278 e. The standard InChI is InChI=1S/C7H14N2O/c1-5-6(2)8(3)9(4)7(5)10/h5-6H,1-4H3. The van der Waals surface area contributed by atoms with Gasteiger partial charge in [-0.05, 0) is 6.92 Å². The number of carbonyl (C=O) groups excluding carboxylic acids is 1. The lowest BCUT2D eigenvalue weighted by Gasteiger charge is -2.21. The summed E-state index contributed by atoms with van der Waals surface area (Å²) in [5.74, 6) is 0.366. The average molecular weight is 142 g/mol. The highest BCUT2D eigenvalue weighted by molar-refractivity contribution is 5.80. The summed E-state index contributed by atoms with van der Waals surface area (Å²) in [5, 5.41) is 3.64. The maximum atomic E-state index is 11.2. The molecule has 3 nitrogen and oxygen atoms in total. The Morgan fingerprint density at radius 1 is 1.30 bits per heavy atom. The molecular formula is C7H14N2O. The molecule has 0 saturated carbocycles. The maximum absolute atomic E-state index is 11.2. The fourth-order valence-electron chi connectivity index (χ4n) is 1.25. The van der Waals surface area contributed by atoms with Crippen LogP contribution in [0.5, 0.6) is 0 Å². The summed E-state index contributed by atoms with van der Waals surface area (Å²) < 4.78 is 0. The first kappa shape index (κ1) is 7.54. The van der Waals surface area contributed by atoms with Gasteiger partial charge in [-0.25, -0.2) is 5.01 Å². The van der Waals surface area contributed by atoms with Crippen LogP contribution in [0, 0.1) is 5.92 Å². The normalized spacial score (nSPS) is 35.6. The lowest BCUT2D eigenvalue weighted by Crippen LogP contribution is -2.35. The van der Waals surface area contributed by atoms with E-state index < -0.39 is 0 Å². The van der Waals surface area contributed by atoms with E-state index in [0.717, 1.165) is 0 Å². The van der Waals surface area contributed by atoms with E-state index in [-0.39, 0.29) is 11.8 Å². The van der Waals surface area contributed by atoms with Gasteiger partial charge >= 0.3 is 0 Å². The fraction of sp³-hybridized carbons (Fsp3) is 0.857. The summed E-state index contributed by atoms with van der Waals surface area (Å²) in [6.45, 7) is 4.03. The van der Waals surface area contributed by atoms with Crippen LogP contribution in [-0.2, 0) is 4.79 Å². The molecule has 0 aromatic heterocycles. The lowest BCUT2D eigenvalue weighted by molar-refractivity contribution is -0.136. The van der Waals surface area contributed by atoms with Gasteiger partial charge in [0.25, 0.3) is 0 Å². The molecule has 2 atom stereocenters. The molecule has 1 fully saturated rings. The number of amides is 1. The monoisotopic (exact) mass is 142 g/mol. The van der Waals surface area contributed by atoms with Crippen LogP contribution in [0.25, 0.3) is 0 Å². The van der Waals surface area contributed by atoms with Gasteiger partial charge in [0.2, 0.25) is 5.91 Å². The zero-order valence-electron chi connectivity index (χ0n) is 6.96. The van der Waals surface area contributed by atoms with Crippen LogP contribution >= 0.6 is 0 Å². The first-order valence-electron chi connectivity index (χ1n) is 3.56. The summed E-state index contributed by atoms with van der Waals surface area (Å²) in [4.78, 5) is 11.2.